The predicted octanol–water partition coefficient (Wildman–Crippen LogP) is 2.71. The van der Waals surface area contributed by atoms with E-state index in [1.165, 1.54) is 19.0 Å². The van der Waals surface area contributed by atoms with Gasteiger partial charge in [0, 0.05) is 25.9 Å². The molecule has 5 nitrogen and oxygen atoms in total. The molecule has 6 heteroatoms. The molecule has 1 aliphatic rings. The van der Waals surface area contributed by atoms with E-state index in [1.54, 1.807) is 6.07 Å². The lowest BCUT2D eigenvalue weighted by molar-refractivity contribution is 0.0906. The molecule has 1 fully saturated rings. The Hall–Kier alpha value is -1.33. The lowest BCUT2D eigenvalue weighted by Crippen LogP contribution is -2.28. The summed E-state index contributed by atoms with van der Waals surface area (Å²) < 4.78 is 5.48. The zero-order valence-electron chi connectivity index (χ0n) is 12.3. The predicted molar refractivity (Wildman–Crippen MR) is 83.9 cm³/mol. The summed E-state index contributed by atoms with van der Waals surface area (Å²) in [6.07, 6.45) is 5.03. The number of carbonyl (C=O) groups is 1. The van der Waals surface area contributed by atoms with Crippen molar-refractivity contribution >= 4 is 23.3 Å². The van der Waals surface area contributed by atoms with E-state index in [2.05, 4.69) is 22.5 Å². The van der Waals surface area contributed by atoms with E-state index >= 15 is 0 Å². The first kappa shape index (κ1) is 16.0. The molecule has 116 valence electrons. The maximum absolute atomic E-state index is 12.1. The quantitative estimate of drug-likeness (QED) is 0.688. The van der Waals surface area contributed by atoms with Crippen molar-refractivity contribution in [3.63, 3.8) is 0 Å². The molecule has 1 saturated carbocycles. The number of anilines is 1. The highest BCUT2D eigenvalue weighted by Gasteiger charge is 2.21. The van der Waals surface area contributed by atoms with Crippen LogP contribution < -0.4 is 10.6 Å². The molecule has 1 aromatic heterocycles. The van der Waals surface area contributed by atoms with E-state index in [4.69, 9.17) is 16.3 Å². The van der Waals surface area contributed by atoms with E-state index in [0.29, 0.717) is 29.6 Å². The molecule has 1 amide bonds. The summed E-state index contributed by atoms with van der Waals surface area (Å²) in [5, 5.41) is 6.31. The molecule has 0 saturated heterocycles. The van der Waals surface area contributed by atoms with Gasteiger partial charge in [-0.05, 0) is 31.2 Å². The van der Waals surface area contributed by atoms with Crippen LogP contribution >= 0.6 is 11.6 Å². The summed E-state index contributed by atoms with van der Waals surface area (Å²) in [7, 11) is 0. The second-order valence-corrected chi connectivity index (χ2v) is 5.66. The van der Waals surface area contributed by atoms with Gasteiger partial charge in [0.2, 0.25) is 0 Å². The van der Waals surface area contributed by atoms with Crippen LogP contribution in [0.1, 0.15) is 36.5 Å². The third-order valence-electron chi connectivity index (χ3n) is 3.24. The average Bonchev–Trinajstić information content (AvgIpc) is 3.30. The van der Waals surface area contributed by atoms with Crippen molar-refractivity contribution in [2.45, 2.75) is 26.2 Å². The van der Waals surface area contributed by atoms with E-state index in [-0.39, 0.29) is 5.91 Å². The maximum Gasteiger partial charge on any atom is 0.253 e. The molecular weight excluding hydrogens is 290 g/mol. The van der Waals surface area contributed by atoms with E-state index in [1.807, 2.05) is 0 Å². The molecule has 21 heavy (non-hydrogen) atoms. The number of amides is 1. The van der Waals surface area contributed by atoms with E-state index < -0.39 is 0 Å². The molecule has 0 radical (unpaired) electrons. The van der Waals surface area contributed by atoms with Gasteiger partial charge in [0.25, 0.3) is 5.91 Å². The third-order valence-corrected chi connectivity index (χ3v) is 3.54. The number of carbonyl (C=O) groups excluding carboxylic acids is 1. The van der Waals surface area contributed by atoms with Crippen molar-refractivity contribution in [1.29, 1.82) is 0 Å². The van der Waals surface area contributed by atoms with Gasteiger partial charge in [-0.2, -0.15) is 0 Å². The van der Waals surface area contributed by atoms with Crippen LogP contribution in [0.5, 0.6) is 0 Å². The van der Waals surface area contributed by atoms with Crippen LogP contribution in [-0.4, -0.2) is 37.2 Å². The summed E-state index contributed by atoms with van der Waals surface area (Å²) >= 11 is 6.03. The Kier molecular flexibility index (Phi) is 6.26. The summed E-state index contributed by atoms with van der Waals surface area (Å²) in [6, 6.07) is 1.68. The number of rotatable bonds is 9. The summed E-state index contributed by atoms with van der Waals surface area (Å²) in [5.41, 5.74) is 0.437. The lowest BCUT2D eigenvalue weighted by atomic mass is 10.2. The highest BCUT2D eigenvalue weighted by molar-refractivity contribution is 6.33. The van der Waals surface area contributed by atoms with Crippen LogP contribution in [0, 0.1) is 5.92 Å². The largest absolute Gasteiger partial charge is 0.379 e. The molecule has 1 aliphatic carbocycles. The first-order valence-electron chi connectivity index (χ1n) is 7.46. The Bertz CT molecular complexity index is 478. The molecule has 2 N–H and O–H groups in total. The van der Waals surface area contributed by atoms with Crippen molar-refractivity contribution in [3.05, 3.63) is 22.8 Å². The van der Waals surface area contributed by atoms with Gasteiger partial charge in [0.15, 0.2) is 0 Å². The van der Waals surface area contributed by atoms with Crippen LogP contribution in [0.15, 0.2) is 12.3 Å². The summed E-state index contributed by atoms with van der Waals surface area (Å²) in [5.74, 6) is 1.20. The van der Waals surface area contributed by atoms with Gasteiger partial charge in [-0.3, -0.25) is 4.79 Å². The molecule has 0 atom stereocenters. The molecule has 0 bridgehead atoms. The number of aromatic nitrogens is 1. The van der Waals surface area contributed by atoms with Gasteiger partial charge < -0.3 is 15.4 Å². The Morgan fingerprint density at radius 3 is 3.00 bits per heavy atom. The molecule has 1 aromatic rings. The van der Waals surface area contributed by atoms with Crippen LogP contribution in [0.3, 0.4) is 0 Å². The van der Waals surface area contributed by atoms with Crippen LogP contribution in [0.4, 0.5) is 5.82 Å². The zero-order chi connectivity index (χ0) is 15.1. The number of nitrogens with one attached hydrogen (secondary N) is 2. The maximum atomic E-state index is 12.1. The minimum absolute atomic E-state index is 0.197. The zero-order valence-corrected chi connectivity index (χ0v) is 13.1. The van der Waals surface area contributed by atoms with Crippen LogP contribution in [0.2, 0.25) is 5.02 Å². The molecule has 2 rings (SSSR count). The average molecular weight is 312 g/mol. The summed E-state index contributed by atoms with van der Waals surface area (Å²) in [6.45, 7) is 4.70. The Morgan fingerprint density at radius 2 is 2.29 bits per heavy atom. The normalized spacial score (nSPS) is 14.0. The molecule has 0 unspecified atom stereocenters. The van der Waals surface area contributed by atoms with Crippen LogP contribution in [-0.2, 0) is 4.74 Å². The fraction of sp³-hybridized carbons (Fsp3) is 0.600. The molecule has 0 aromatic carbocycles. The summed E-state index contributed by atoms with van der Waals surface area (Å²) in [4.78, 5) is 16.2. The minimum Gasteiger partial charge on any atom is -0.379 e. The highest BCUT2D eigenvalue weighted by Crippen LogP contribution is 2.28. The number of nitrogens with zero attached hydrogens (tertiary/aromatic N) is 1. The topological polar surface area (TPSA) is 63.2 Å². The Balaban J connectivity index is 1.78. The fourth-order valence-electron chi connectivity index (χ4n) is 1.83. The number of ether oxygens (including phenoxy) is 1. The number of pyridine rings is 1. The smallest absolute Gasteiger partial charge is 0.253 e. The van der Waals surface area contributed by atoms with Crippen molar-refractivity contribution < 1.29 is 9.53 Å². The first-order chi connectivity index (χ1) is 10.2. The van der Waals surface area contributed by atoms with Crippen molar-refractivity contribution in [1.82, 2.24) is 10.3 Å². The van der Waals surface area contributed by atoms with Crippen molar-refractivity contribution in [2.24, 2.45) is 5.92 Å². The van der Waals surface area contributed by atoms with E-state index in [9.17, 15) is 4.79 Å². The minimum atomic E-state index is -0.197. The number of hydrogen-bond donors (Lipinski definition) is 2. The van der Waals surface area contributed by atoms with Gasteiger partial charge in [0.1, 0.15) is 5.82 Å². The standard InChI is InChI=1S/C15H22ClN3O2/c1-2-5-17-14-8-12(13(16)9-19-14)15(20)18-6-7-21-10-11-3-4-11/h8-9,11H,2-7,10H2,1H3,(H,17,19)(H,18,20). The Morgan fingerprint density at radius 1 is 1.48 bits per heavy atom. The van der Waals surface area contributed by atoms with Gasteiger partial charge >= 0.3 is 0 Å². The third kappa shape index (κ3) is 5.52. The first-order valence-corrected chi connectivity index (χ1v) is 7.84. The second-order valence-electron chi connectivity index (χ2n) is 5.25. The van der Waals surface area contributed by atoms with Gasteiger partial charge in [-0.1, -0.05) is 18.5 Å². The molecule has 1 heterocycles. The van der Waals surface area contributed by atoms with E-state index in [0.717, 1.165) is 25.5 Å². The number of halogens is 1. The van der Waals surface area contributed by atoms with Gasteiger partial charge in [0.05, 0.1) is 17.2 Å². The molecule has 0 spiro atoms. The van der Waals surface area contributed by atoms with Crippen LogP contribution in [0.25, 0.3) is 0 Å². The SMILES string of the molecule is CCCNc1cc(C(=O)NCCOCC2CC2)c(Cl)cn1. The Labute approximate surface area is 130 Å². The van der Waals surface area contributed by atoms with Crippen molar-refractivity contribution in [2.75, 3.05) is 31.6 Å². The van der Waals surface area contributed by atoms with Gasteiger partial charge in [-0.15, -0.1) is 0 Å². The van der Waals surface area contributed by atoms with Crippen molar-refractivity contribution in [3.8, 4) is 0 Å². The second kappa shape index (κ2) is 8.20. The number of hydrogen-bond acceptors (Lipinski definition) is 4. The van der Waals surface area contributed by atoms with Gasteiger partial charge in [-0.25, -0.2) is 4.98 Å². The molecular formula is C15H22ClN3O2. The highest BCUT2D eigenvalue weighted by atomic mass is 35.5. The molecule has 0 aliphatic heterocycles. The fourth-order valence-corrected chi connectivity index (χ4v) is 2.02. The lowest BCUT2D eigenvalue weighted by Gasteiger charge is -2.09. The monoisotopic (exact) mass is 311 g/mol.